The Morgan fingerprint density at radius 3 is 2.72 bits per heavy atom. The van der Waals surface area contributed by atoms with E-state index in [1.165, 1.54) is 12.1 Å². The predicted octanol–water partition coefficient (Wildman–Crippen LogP) is 4.01. The van der Waals surface area contributed by atoms with Crippen LogP contribution >= 0.6 is 24.0 Å². The van der Waals surface area contributed by atoms with Gasteiger partial charge >= 0.3 is 0 Å². The van der Waals surface area contributed by atoms with Crippen LogP contribution in [0.1, 0.15) is 23.6 Å². The van der Waals surface area contributed by atoms with E-state index in [9.17, 15) is 9.18 Å². The monoisotopic (exact) mass is 382 g/mol. The molecule has 0 bridgehead atoms. The van der Waals surface area contributed by atoms with Crippen molar-refractivity contribution in [3.63, 3.8) is 0 Å². The standard InChI is InChI=1S/C19H20ClFN2O.ClH/c20-16-7-4-14(5-8-16)6-9-19(24)23-11-10-22-13-18(23)15-2-1-3-17(21)12-15;/h1-5,7-8,12,18,22H,6,9-11,13H2;1H. The molecule has 2 aromatic rings. The molecule has 1 aliphatic heterocycles. The topological polar surface area (TPSA) is 32.3 Å². The lowest BCUT2D eigenvalue weighted by Gasteiger charge is -2.36. The molecule has 6 heteroatoms. The highest BCUT2D eigenvalue weighted by molar-refractivity contribution is 6.30. The molecule has 0 radical (unpaired) electrons. The first-order chi connectivity index (χ1) is 11.6. The van der Waals surface area contributed by atoms with Crippen LogP contribution in [-0.2, 0) is 11.2 Å². The third-order valence-electron chi connectivity index (χ3n) is 4.34. The number of nitrogens with zero attached hydrogens (tertiary/aromatic N) is 1. The fraction of sp³-hybridized carbons (Fsp3) is 0.316. The fourth-order valence-corrected chi connectivity index (χ4v) is 3.19. The van der Waals surface area contributed by atoms with Crippen LogP contribution in [0, 0.1) is 5.82 Å². The lowest BCUT2D eigenvalue weighted by atomic mass is 10.0. The quantitative estimate of drug-likeness (QED) is 0.866. The Labute approximate surface area is 158 Å². The van der Waals surface area contributed by atoms with Gasteiger partial charge in [0.15, 0.2) is 0 Å². The number of aryl methyl sites for hydroxylation is 1. The van der Waals surface area contributed by atoms with Gasteiger partial charge in [0.1, 0.15) is 5.82 Å². The largest absolute Gasteiger partial charge is 0.333 e. The molecule has 1 heterocycles. The summed E-state index contributed by atoms with van der Waals surface area (Å²) in [5.74, 6) is -0.174. The lowest BCUT2D eigenvalue weighted by molar-refractivity contribution is -0.134. The number of rotatable bonds is 4. The second-order valence-corrected chi connectivity index (χ2v) is 6.42. The summed E-state index contributed by atoms with van der Waals surface area (Å²) in [6, 6.07) is 13.9. The third kappa shape index (κ3) is 5.18. The first-order valence-corrected chi connectivity index (χ1v) is 8.51. The smallest absolute Gasteiger partial charge is 0.223 e. The molecule has 3 nitrogen and oxygen atoms in total. The highest BCUT2D eigenvalue weighted by Crippen LogP contribution is 2.24. The van der Waals surface area contributed by atoms with Crippen molar-refractivity contribution in [2.45, 2.75) is 18.9 Å². The summed E-state index contributed by atoms with van der Waals surface area (Å²) in [6.45, 7) is 2.05. The Hall–Kier alpha value is -1.62. The maximum absolute atomic E-state index is 13.5. The molecule has 1 N–H and O–H groups in total. The fourth-order valence-electron chi connectivity index (χ4n) is 3.06. The summed E-state index contributed by atoms with van der Waals surface area (Å²) in [5, 5.41) is 3.98. The zero-order chi connectivity index (χ0) is 16.9. The van der Waals surface area contributed by atoms with Crippen LogP contribution in [0.5, 0.6) is 0 Å². The maximum atomic E-state index is 13.5. The van der Waals surface area contributed by atoms with Gasteiger partial charge in [0.05, 0.1) is 6.04 Å². The van der Waals surface area contributed by atoms with Gasteiger partial charge in [0.2, 0.25) is 5.91 Å². The van der Waals surface area contributed by atoms with E-state index in [1.807, 2.05) is 35.2 Å². The highest BCUT2D eigenvalue weighted by Gasteiger charge is 2.27. The SMILES string of the molecule is Cl.O=C(CCc1ccc(Cl)cc1)N1CCNCC1c1cccc(F)c1. The second-order valence-electron chi connectivity index (χ2n) is 5.99. The molecule has 25 heavy (non-hydrogen) atoms. The van der Waals surface area contributed by atoms with Crippen LogP contribution < -0.4 is 5.32 Å². The first-order valence-electron chi connectivity index (χ1n) is 8.13. The van der Waals surface area contributed by atoms with E-state index in [0.717, 1.165) is 17.7 Å². The number of halogens is 3. The molecule has 1 unspecified atom stereocenters. The van der Waals surface area contributed by atoms with Crippen LogP contribution in [0.3, 0.4) is 0 Å². The predicted molar refractivity (Wildman–Crippen MR) is 101 cm³/mol. The first kappa shape index (κ1) is 19.7. The molecule has 1 atom stereocenters. The summed E-state index contributed by atoms with van der Waals surface area (Å²) in [5.41, 5.74) is 1.92. The van der Waals surface area contributed by atoms with Gasteiger partial charge in [-0.05, 0) is 41.8 Å². The Morgan fingerprint density at radius 1 is 1.24 bits per heavy atom. The number of carbonyl (C=O) groups is 1. The van der Waals surface area contributed by atoms with Crippen molar-refractivity contribution in [2.24, 2.45) is 0 Å². The van der Waals surface area contributed by atoms with Crippen LogP contribution in [0.4, 0.5) is 4.39 Å². The third-order valence-corrected chi connectivity index (χ3v) is 4.59. The molecule has 1 fully saturated rings. The van der Waals surface area contributed by atoms with Gasteiger partial charge in [-0.15, -0.1) is 12.4 Å². The summed E-state index contributed by atoms with van der Waals surface area (Å²) < 4.78 is 13.5. The van der Waals surface area contributed by atoms with E-state index in [4.69, 9.17) is 11.6 Å². The summed E-state index contributed by atoms with van der Waals surface area (Å²) >= 11 is 5.88. The van der Waals surface area contributed by atoms with Crippen molar-refractivity contribution in [3.05, 3.63) is 70.5 Å². The average Bonchev–Trinajstić information content (AvgIpc) is 2.61. The number of hydrogen-bond acceptors (Lipinski definition) is 2. The van der Waals surface area contributed by atoms with Crippen LogP contribution in [-0.4, -0.2) is 30.4 Å². The molecule has 0 spiro atoms. The van der Waals surface area contributed by atoms with Gasteiger partial charge in [0, 0.05) is 31.1 Å². The highest BCUT2D eigenvalue weighted by atomic mass is 35.5. The van der Waals surface area contributed by atoms with E-state index < -0.39 is 0 Å². The number of nitrogens with one attached hydrogen (secondary N) is 1. The van der Waals surface area contributed by atoms with Crippen molar-refractivity contribution < 1.29 is 9.18 Å². The molecule has 3 rings (SSSR count). The van der Waals surface area contributed by atoms with Gasteiger partial charge in [-0.3, -0.25) is 4.79 Å². The van der Waals surface area contributed by atoms with Crippen molar-refractivity contribution in [3.8, 4) is 0 Å². The molecule has 0 aromatic heterocycles. The van der Waals surface area contributed by atoms with Gasteiger partial charge in [-0.1, -0.05) is 35.9 Å². The van der Waals surface area contributed by atoms with Crippen LogP contribution in [0.15, 0.2) is 48.5 Å². The Balaban J connectivity index is 0.00000225. The summed E-state index contributed by atoms with van der Waals surface area (Å²) in [6.07, 6.45) is 1.11. The average molecular weight is 383 g/mol. The summed E-state index contributed by atoms with van der Waals surface area (Å²) in [7, 11) is 0. The number of carbonyl (C=O) groups excluding carboxylic acids is 1. The molecular formula is C19H21Cl2FN2O. The molecule has 0 aliphatic carbocycles. The number of amides is 1. The Kier molecular flexibility index (Phi) is 7.24. The summed E-state index contributed by atoms with van der Waals surface area (Å²) in [4.78, 5) is 14.5. The minimum atomic E-state index is -0.272. The minimum absolute atomic E-state index is 0. The van der Waals surface area contributed by atoms with Crippen LogP contribution in [0.2, 0.25) is 5.02 Å². The zero-order valence-corrected chi connectivity index (χ0v) is 15.3. The molecule has 2 aromatic carbocycles. The van der Waals surface area contributed by atoms with Crippen molar-refractivity contribution in [1.82, 2.24) is 10.2 Å². The van der Waals surface area contributed by atoms with E-state index >= 15 is 0 Å². The van der Waals surface area contributed by atoms with Crippen LogP contribution in [0.25, 0.3) is 0 Å². The number of benzene rings is 2. The second kappa shape index (κ2) is 9.18. The zero-order valence-electron chi connectivity index (χ0n) is 13.8. The molecule has 1 amide bonds. The Morgan fingerprint density at radius 2 is 2.00 bits per heavy atom. The normalized spacial score (nSPS) is 17.0. The van der Waals surface area contributed by atoms with Gasteiger partial charge in [-0.25, -0.2) is 4.39 Å². The molecule has 1 saturated heterocycles. The van der Waals surface area contributed by atoms with Gasteiger partial charge in [-0.2, -0.15) is 0 Å². The van der Waals surface area contributed by atoms with Crippen molar-refractivity contribution >= 4 is 29.9 Å². The number of hydrogen-bond donors (Lipinski definition) is 1. The van der Waals surface area contributed by atoms with E-state index in [2.05, 4.69) is 5.32 Å². The lowest BCUT2D eigenvalue weighted by Crippen LogP contribution is -2.48. The van der Waals surface area contributed by atoms with Gasteiger partial charge in [0.25, 0.3) is 0 Å². The molecule has 134 valence electrons. The molecule has 0 saturated carbocycles. The van der Waals surface area contributed by atoms with E-state index in [0.29, 0.717) is 31.0 Å². The van der Waals surface area contributed by atoms with E-state index in [1.54, 1.807) is 6.07 Å². The van der Waals surface area contributed by atoms with Crippen molar-refractivity contribution in [2.75, 3.05) is 19.6 Å². The minimum Gasteiger partial charge on any atom is -0.333 e. The molecular weight excluding hydrogens is 362 g/mol. The van der Waals surface area contributed by atoms with Gasteiger partial charge < -0.3 is 10.2 Å². The van der Waals surface area contributed by atoms with E-state index in [-0.39, 0.29) is 30.2 Å². The Bertz CT molecular complexity index is 709. The maximum Gasteiger partial charge on any atom is 0.223 e. The van der Waals surface area contributed by atoms with Crippen molar-refractivity contribution in [1.29, 1.82) is 0 Å². The molecule has 1 aliphatic rings. The number of piperazine rings is 1.